The fourth-order valence-corrected chi connectivity index (χ4v) is 12.8. The van der Waals surface area contributed by atoms with Crippen molar-refractivity contribution in [3.05, 3.63) is 149 Å². The Morgan fingerprint density at radius 2 is 1.02 bits per heavy atom. The normalized spacial score (nSPS) is 26.9. The van der Waals surface area contributed by atoms with E-state index in [1.165, 1.54) is 47.2 Å². The van der Waals surface area contributed by atoms with E-state index in [2.05, 4.69) is 58.2 Å². The summed E-state index contributed by atoms with van der Waals surface area (Å²) in [6.45, 7) is 6.73. The molecule has 4 aromatic carbocycles. The van der Waals surface area contributed by atoms with Gasteiger partial charge in [-0.3, -0.25) is 52.7 Å². The van der Waals surface area contributed by atoms with Gasteiger partial charge in [-0.05, 0) is 84.9 Å². The Bertz CT molecular complexity index is 3780. The predicted molar refractivity (Wildman–Crippen MR) is 380 cm³/mol. The zero-order chi connectivity index (χ0) is 76.0. The maximum Gasteiger partial charge on any atom is 0.246 e. The third-order valence-corrected chi connectivity index (χ3v) is 18.5. The van der Waals surface area contributed by atoms with E-state index >= 15 is 28.8 Å². The number of amides is 11. The van der Waals surface area contributed by atoms with E-state index < -0.39 is 175 Å². The predicted octanol–water partition coefficient (Wildman–Crippen LogP) is -2.40. The van der Waals surface area contributed by atoms with Gasteiger partial charge in [0.2, 0.25) is 65.0 Å². The summed E-state index contributed by atoms with van der Waals surface area (Å²) in [7, 11) is 1.29. The molecule has 1 aromatic heterocycles. The average molecular weight is 1460 g/mol. The quantitative estimate of drug-likeness (QED) is 0.0364. The highest BCUT2D eigenvalue weighted by molar-refractivity contribution is 6.00. The smallest absolute Gasteiger partial charge is 0.246 e. The van der Waals surface area contributed by atoms with Crippen LogP contribution in [0.15, 0.2) is 121 Å². The number of ether oxygens (including phenoxy) is 2. The first-order valence-electron chi connectivity index (χ1n) is 35.3. The molecule has 566 valence electrons. The molecule has 8 rings (SSSR count). The Balaban J connectivity index is 1.22. The van der Waals surface area contributed by atoms with Crippen LogP contribution in [0.5, 0.6) is 5.75 Å². The molecule has 11 amide bonds. The van der Waals surface area contributed by atoms with Gasteiger partial charge in [-0.25, -0.2) is 4.68 Å². The van der Waals surface area contributed by atoms with Gasteiger partial charge in [0, 0.05) is 52.0 Å². The van der Waals surface area contributed by atoms with Crippen molar-refractivity contribution in [2.24, 2.45) is 29.0 Å². The molecule has 5 aromatic rings. The van der Waals surface area contributed by atoms with Crippen LogP contribution in [-0.4, -0.2) is 211 Å². The van der Waals surface area contributed by atoms with Gasteiger partial charge in [0.05, 0.1) is 24.7 Å². The van der Waals surface area contributed by atoms with Crippen molar-refractivity contribution in [3.63, 3.8) is 0 Å². The number of hydrogen-bond acceptors (Lipinski definition) is 20. The Labute approximate surface area is 608 Å². The topological polar surface area (TPSA) is 487 Å². The van der Waals surface area contributed by atoms with Crippen LogP contribution < -0.4 is 65.1 Å². The summed E-state index contributed by atoms with van der Waals surface area (Å²) in [6, 6.07) is 15.3. The molecular formula is C73H98N16O16. The van der Waals surface area contributed by atoms with Crippen LogP contribution in [-0.2, 0) is 101 Å². The second-order valence-electron chi connectivity index (χ2n) is 27.6. The van der Waals surface area contributed by atoms with Gasteiger partial charge in [-0.2, -0.15) is 0 Å². The monoisotopic (exact) mass is 1450 g/mol. The second-order valence-corrected chi connectivity index (χ2v) is 27.6. The molecule has 32 nitrogen and oxygen atoms in total. The van der Waals surface area contributed by atoms with E-state index in [4.69, 9.17) is 26.7 Å². The number of aliphatic hydroxyl groups excluding tert-OH is 2. The molecule has 0 aliphatic carbocycles. The van der Waals surface area contributed by atoms with E-state index in [1.54, 1.807) is 105 Å². The first kappa shape index (κ1) is 80.4. The summed E-state index contributed by atoms with van der Waals surface area (Å²) in [6.07, 6.45) is -5.59. The summed E-state index contributed by atoms with van der Waals surface area (Å²) in [5, 5.41) is 65.0. The van der Waals surface area contributed by atoms with Gasteiger partial charge in [0.15, 0.2) is 6.29 Å². The Morgan fingerprint density at radius 3 is 1.53 bits per heavy atom. The molecule has 3 aliphatic heterocycles. The van der Waals surface area contributed by atoms with Gasteiger partial charge >= 0.3 is 0 Å². The van der Waals surface area contributed by atoms with Crippen LogP contribution in [0.3, 0.4) is 0 Å². The fraction of sp³-hybridized carbons (Fsp3) is 0.493. The second kappa shape index (κ2) is 38.5. The van der Waals surface area contributed by atoms with Crippen LogP contribution in [0.2, 0.25) is 0 Å². The molecule has 0 unspecified atom stereocenters. The molecule has 105 heavy (non-hydrogen) atoms. The number of carbonyl (C=O) groups is 11. The van der Waals surface area contributed by atoms with Gasteiger partial charge in [0.1, 0.15) is 84.5 Å². The highest BCUT2D eigenvalue weighted by atomic mass is 16.7. The first-order valence-corrected chi connectivity index (χ1v) is 35.3. The van der Waals surface area contributed by atoms with Crippen LogP contribution in [0, 0.1) is 11.8 Å². The molecule has 3 aliphatic rings. The fourth-order valence-electron chi connectivity index (χ4n) is 12.8. The molecule has 0 radical (unpaired) electrons. The van der Waals surface area contributed by atoms with Crippen molar-refractivity contribution < 1.29 is 77.5 Å². The number of nitrogens with one attached hydrogen (secondary N) is 9. The summed E-state index contributed by atoms with van der Waals surface area (Å²) >= 11 is 0. The third-order valence-electron chi connectivity index (χ3n) is 18.5. The van der Waals surface area contributed by atoms with Crippen molar-refractivity contribution in [2.75, 3.05) is 20.2 Å². The minimum atomic E-state index is -1.91. The highest BCUT2D eigenvalue weighted by Gasteiger charge is 2.45. The van der Waals surface area contributed by atoms with Gasteiger partial charge in [-0.1, -0.05) is 136 Å². The van der Waals surface area contributed by atoms with Gasteiger partial charge < -0.3 is 94.7 Å². The molecular weight excluding hydrogens is 1360 g/mol. The SMILES string of the molecule is CO[C@@H]1O[C@H](Cn2cc(C[C@@H]3NC(=O)[C@H](CC(N)=O)NC(=O)[C@@H](Cc4ccccc4)NC(=O)[C@H](Cc4ccccc4)NC(=O)[C@@H]4CCCN4C(=O)[C@@H](Cc4ccccc4)NC(=O)[C@H](CC(C)C)NC(=O)[C@H](CCCN)NC(=O)[C@H](C(C)C)NC(=O)[C@H](Cc4ccc(O)cc4)NC3=O)nn2)[C@@H](O)[C@H](O)[C@H]1N. The number of primary amides is 1. The molecule has 0 bridgehead atoms. The number of phenolic OH excluding ortho intramolecular Hbond substituents is 1. The standard InChI is InChI=1S/C73H98N16O16/c1-40(2)31-49-64(95)84-55(35-44-21-13-8-14-22-44)72(103)89-30-16-24-56(89)70(101)83-51(33-43-19-11-7-12-20-43)66(97)79-50(32-42-17-9-6-10-18-42)65(96)82-54(37-58(75)91)68(99)81-53(36-46-38-88(87-86-46)39-57-61(92)62(93)59(76)73(104-5)105-57)67(98)80-52(34-45-25-27-47(90)28-26-45)69(100)85-60(41(3)4)71(102)77-48(23-15-29-74)63(94)78-49/h6-14,17-22,25-28,38,40-41,48-57,59-62,73,90,92-93H,15-16,23-24,29-37,39,74,76H2,1-5H3,(H2,75,91)(H,77,102)(H,78,94)(H,79,97)(H,80,98)(H,81,99)(H,82,96)(H,83,101)(H,84,95)(H,85,100)/t48-,49-,50+,51-,52-,53-,54-,55+,56-,57+,59+,60-,61+,62+,73+/m0/s1. The lowest BCUT2D eigenvalue weighted by Gasteiger charge is -2.40. The van der Waals surface area contributed by atoms with Crippen LogP contribution in [0.25, 0.3) is 0 Å². The average Bonchev–Trinajstić information content (AvgIpc) is 1.80. The number of nitrogens with two attached hydrogens (primary N) is 3. The van der Waals surface area contributed by atoms with E-state index in [0.29, 0.717) is 28.7 Å². The highest BCUT2D eigenvalue weighted by Crippen LogP contribution is 2.24. The molecule has 0 saturated carbocycles. The number of phenols is 1. The van der Waals surface area contributed by atoms with Crippen molar-refractivity contribution in [1.29, 1.82) is 0 Å². The van der Waals surface area contributed by atoms with Crippen molar-refractivity contribution in [3.8, 4) is 5.75 Å². The molecule has 15 atom stereocenters. The number of methoxy groups -OCH3 is 1. The van der Waals surface area contributed by atoms with Gasteiger partial charge in [0.25, 0.3) is 0 Å². The minimum absolute atomic E-state index is 0.0170. The largest absolute Gasteiger partial charge is 0.508 e. The number of hydrogen-bond donors (Lipinski definition) is 15. The molecule has 4 heterocycles. The van der Waals surface area contributed by atoms with E-state index in [9.17, 15) is 39.3 Å². The number of aliphatic hydroxyl groups is 2. The van der Waals surface area contributed by atoms with Crippen molar-refractivity contribution in [1.82, 2.24) is 67.7 Å². The van der Waals surface area contributed by atoms with Crippen LogP contribution in [0.1, 0.15) is 94.2 Å². The van der Waals surface area contributed by atoms with Crippen molar-refractivity contribution in [2.45, 2.75) is 196 Å². The van der Waals surface area contributed by atoms with E-state index in [0.717, 1.165) is 0 Å². The Morgan fingerprint density at radius 1 is 0.571 bits per heavy atom. The molecule has 18 N–H and O–H groups in total. The summed E-state index contributed by atoms with van der Waals surface area (Å²) in [5.74, 6) is -11.2. The number of rotatable bonds is 21. The van der Waals surface area contributed by atoms with E-state index in [1.807, 2.05) is 13.8 Å². The number of fused-ring (bicyclic) bond motifs is 1. The molecule has 3 saturated heterocycles. The zero-order valence-electron chi connectivity index (χ0n) is 59.4. The minimum Gasteiger partial charge on any atom is -0.508 e. The lowest BCUT2D eigenvalue weighted by molar-refractivity contribution is -0.254. The summed E-state index contributed by atoms with van der Waals surface area (Å²) in [4.78, 5) is 165. The van der Waals surface area contributed by atoms with Crippen LogP contribution >= 0.6 is 0 Å². The maximum atomic E-state index is 15.3. The summed E-state index contributed by atoms with van der Waals surface area (Å²) in [5.41, 5.74) is 19.9. The molecule has 0 spiro atoms. The van der Waals surface area contributed by atoms with Gasteiger partial charge in [-0.15, -0.1) is 5.10 Å². The van der Waals surface area contributed by atoms with E-state index in [-0.39, 0.29) is 88.4 Å². The first-order chi connectivity index (χ1) is 50.2. The Kier molecular flexibility index (Phi) is 29.5. The number of nitrogens with zero attached hydrogens (tertiary/aromatic N) is 4. The molecule has 3 fully saturated rings. The third kappa shape index (κ3) is 23.1. The number of benzene rings is 4. The lowest BCUT2D eigenvalue weighted by atomic mass is 9.97. The number of aromatic hydroxyl groups is 1. The molecule has 32 heteroatoms. The zero-order valence-corrected chi connectivity index (χ0v) is 59.4. The maximum absolute atomic E-state index is 15.3. The summed E-state index contributed by atoms with van der Waals surface area (Å²) < 4.78 is 12.3. The number of aromatic nitrogens is 3. The van der Waals surface area contributed by atoms with Crippen molar-refractivity contribution >= 4 is 65.0 Å². The number of carbonyl (C=O) groups excluding carboxylic acids is 11. The lowest BCUT2D eigenvalue weighted by Crippen LogP contribution is -2.62. The van der Waals surface area contributed by atoms with Crippen LogP contribution in [0.4, 0.5) is 0 Å². The Hall–Kier alpha value is -10.2.